The number of nitrogens with zero attached hydrogens (tertiary/aromatic N) is 2. The Morgan fingerprint density at radius 1 is 1.22 bits per heavy atom. The Hall–Kier alpha value is -2.01. The van der Waals surface area contributed by atoms with Crippen molar-refractivity contribution in [2.24, 2.45) is 0 Å². The van der Waals surface area contributed by atoms with Gasteiger partial charge in [0.15, 0.2) is 4.96 Å². The largest absolute Gasteiger partial charge is 0.508 e. The Balaban J connectivity index is 2.22. The molecule has 0 aliphatic heterocycles. The SMILES string of the molecule is Cc1sc2nc(-c3cc(O)ccc3O)cn2c1C. The average Bonchev–Trinajstić information content (AvgIpc) is 2.84. The summed E-state index contributed by atoms with van der Waals surface area (Å²) in [6.45, 7) is 4.09. The summed E-state index contributed by atoms with van der Waals surface area (Å²) in [6, 6.07) is 4.44. The molecule has 0 amide bonds. The summed E-state index contributed by atoms with van der Waals surface area (Å²) < 4.78 is 2.00. The highest BCUT2D eigenvalue weighted by atomic mass is 32.1. The molecule has 0 unspecified atom stereocenters. The normalized spacial score (nSPS) is 11.2. The number of aromatic nitrogens is 2. The van der Waals surface area contributed by atoms with E-state index in [1.54, 1.807) is 11.3 Å². The molecule has 0 saturated heterocycles. The lowest BCUT2D eigenvalue weighted by molar-refractivity contribution is 0.462. The second-order valence-electron chi connectivity index (χ2n) is 4.22. The van der Waals surface area contributed by atoms with Crippen LogP contribution in [0.4, 0.5) is 0 Å². The van der Waals surface area contributed by atoms with Gasteiger partial charge in [-0.05, 0) is 32.0 Å². The fourth-order valence-electron chi connectivity index (χ4n) is 1.91. The van der Waals surface area contributed by atoms with Crippen molar-refractivity contribution in [1.29, 1.82) is 0 Å². The van der Waals surface area contributed by atoms with Crippen LogP contribution < -0.4 is 0 Å². The standard InChI is InChI=1S/C13H12N2O2S/c1-7-8(2)18-13-14-11(6-15(7)13)10-5-9(16)3-4-12(10)17/h3-6,16-17H,1-2H3. The maximum atomic E-state index is 9.82. The Kier molecular flexibility index (Phi) is 2.31. The number of imidazole rings is 1. The topological polar surface area (TPSA) is 57.8 Å². The average molecular weight is 260 g/mol. The molecule has 0 saturated carbocycles. The fraction of sp³-hybridized carbons (Fsp3) is 0.154. The molecule has 0 aliphatic rings. The van der Waals surface area contributed by atoms with Crippen LogP contribution in [0.15, 0.2) is 24.4 Å². The van der Waals surface area contributed by atoms with E-state index in [1.165, 1.54) is 23.1 Å². The number of aromatic hydroxyl groups is 2. The lowest BCUT2D eigenvalue weighted by atomic mass is 10.1. The highest BCUT2D eigenvalue weighted by Gasteiger charge is 2.13. The van der Waals surface area contributed by atoms with Gasteiger partial charge in [0.25, 0.3) is 0 Å². The zero-order valence-electron chi connectivity index (χ0n) is 10.0. The number of hydrogen-bond donors (Lipinski definition) is 2. The molecule has 5 heteroatoms. The minimum Gasteiger partial charge on any atom is -0.508 e. The Morgan fingerprint density at radius 2 is 2.00 bits per heavy atom. The number of fused-ring (bicyclic) bond motifs is 1. The van der Waals surface area contributed by atoms with Crippen LogP contribution in [0.3, 0.4) is 0 Å². The van der Waals surface area contributed by atoms with Crippen LogP contribution >= 0.6 is 11.3 Å². The van der Waals surface area contributed by atoms with Crippen molar-refractivity contribution < 1.29 is 10.2 Å². The summed E-state index contributed by atoms with van der Waals surface area (Å²) in [5, 5.41) is 19.3. The van der Waals surface area contributed by atoms with E-state index in [9.17, 15) is 10.2 Å². The molecular formula is C13H12N2O2S. The van der Waals surface area contributed by atoms with Crippen molar-refractivity contribution in [3.8, 4) is 22.8 Å². The third kappa shape index (κ3) is 1.55. The fourth-order valence-corrected chi connectivity index (χ4v) is 2.87. The van der Waals surface area contributed by atoms with E-state index in [0.29, 0.717) is 11.3 Å². The molecule has 4 nitrogen and oxygen atoms in total. The summed E-state index contributed by atoms with van der Waals surface area (Å²) in [5.74, 6) is 0.236. The first-order chi connectivity index (χ1) is 8.56. The maximum absolute atomic E-state index is 9.82. The molecule has 2 heterocycles. The minimum absolute atomic E-state index is 0.118. The van der Waals surface area contributed by atoms with Gasteiger partial charge in [0, 0.05) is 22.3 Å². The molecule has 92 valence electrons. The monoisotopic (exact) mass is 260 g/mol. The Labute approximate surface area is 108 Å². The number of thiazole rings is 1. The van der Waals surface area contributed by atoms with Crippen LogP contribution in [0.2, 0.25) is 0 Å². The van der Waals surface area contributed by atoms with Gasteiger partial charge in [-0.3, -0.25) is 4.40 Å². The summed E-state index contributed by atoms with van der Waals surface area (Å²) in [4.78, 5) is 6.59. The van der Waals surface area contributed by atoms with Gasteiger partial charge in [-0.1, -0.05) is 0 Å². The predicted molar refractivity (Wildman–Crippen MR) is 71.3 cm³/mol. The zero-order valence-corrected chi connectivity index (χ0v) is 10.8. The van der Waals surface area contributed by atoms with Gasteiger partial charge in [-0.25, -0.2) is 4.98 Å². The number of rotatable bonds is 1. The van der Waals surface area contributed by atoms with Crippen LogP contribution in [-0.2, 0) is 0 Å². The third-order valence-electron chi connectivity index (χ3n) is 3.04. The van der Waals surface area contributed by atoms with Gasteiger partial charge in [0.1, 0.15) is 11.5 Å². The van der Waals surface area contributed by atoms with Crippen molar-refractivity contribution in [2.45, 2.75) is 13.8 Å². The lowest BCUT2D eigenvalue weighted by Gasteiger charge is -2.01. The molecule has 0 bridgehead atoms. The molecule has 1 aromatic carbocycles. The molecule has 2 N–H and O–H groups in total. The number of phenols is 2. The molecule has 3 rings (SSSR count). The minimum atomic E-state index is 0.118. The van der Waals surface area contributed by atoms with Crippen molar-refractivity contribution in [1.82, 2.24) is 9.38 Å². The van der Waals surface area contributed by atoms with Crippen LogP contribution in [0.5, 0.6) is 11.5 Å². The molecule has 0 aliphatic carbocycles. The van der Waals surface area contributed by atoms with Gasteiger partial charge < -0.3 is 10.2 Å². The van der Waals surface area contributed by atoms with Crippen molar-refractivity contribution >= 4 is 16.3 Å². The van der Waals surface area contributed by atoms with Crippen LogP contribution in [0.25, 0.3) is 16.2 Å². The third-order valence-corrected chi connectivity index (χ3v) is 4.12. The maximum Gasteiger partial charge on any atom is 0.194 e. The molecule has 2 aromatic heterocycles. The van der Waals surface area contributed by atoms with E-state index in [-0.39, 0.29) is 11.5 Å². The quantitative estimate of drug-likeness (QED) is 0.661. The van der Waals surface area contributed by atoms with Crippen LogP contribution in [-0.4, -0.2) is 19.6 Å². The predicted octanol–water partition coefficient (Wildman–Crippen LogP) is 3.09. The first-order valence-corrected chi connectivity index (χ1v) is 6.35. The second kappa shape index (κ2) is 3.74. The Bertz CT molecular complexity index is 743. The molecule has 18 heavy (non-hydrogen) atoms. The summed E-state index contributed by atoms with van der Waals surface area (Å²) >= 11 is 1.61. The lowest BCUT2D eigenvalue weighted by Crippen LogP contribution is -1.82. The van der Waals surface area contributed by atoms with E-state index in [0.717, 1.165) is 10.7 Å². The van der Waals surface area contributed by atoms with E-state index < -0.39 is 0 Å². The van der Waals surface area contributed by atoms with E-state index >= 15 is 0 Å². The van der Waals surface area contributed by atoms with Crippen molar-refractivity contribution in [3.05, 3.63) is 35.0 Å². The zero-order chi connectivity index (χ0) is 12.9. The Morgan fingerprint density at radius 3 is 2.72 bits per heavy atom. The molecular weight excluding hydrogens is 248 g/mol. The van der Waals surface area contributed by atoms with Gasteiger partial charge in [0.2, 0.25) is 0 Å². The molecule has 0 atom stereocenters. The first-order valence-electron chi connectivity index (χ1n) is 5.53. The van der Waals surface area contributed by atoms with Gasteiger partial charge >= 0.3 is 0 Å². The van der Waals surface area contributed by atoms with E-state index in [4.69, 9.17) is 0 Å². The number of hydrogen-bond acceptors (Lipinski definition) is 4. The summed E-state index contributed by atoms with van der Waals surface area (Å²) in [7, 11) is 0. The van der Waals surface area contributed by atoms with E-state index in [2.05, 4.69) is 11.9 Å². The van der Waals surface area contributed by atoms with Crippen molar-refractivity contribution in [3.63, 3.8) is 0 Å². The molecule has 0 spiro atoms. The van der Waals surface area contributed by atoms with Crippen molar-refractivity contribution in [2.75, 3.05) is 0 Å². The summed E-state index contributed by atoms with van der Waals surface area (Å²) in [5.41, 5.74) is 2.36. The highest BCUT2D eigenvalue weighted by molar-refractivity contribution is 7.17. The van der Waals surface area contributed by atoms with Crippen LogP contribution in [0, 0.1) is 13.8 Å². The number of aryl methyl sites for hydroxylation is 2. The first kappa shape index (κ1) is 11.1. The summed E-state index contributed by atoms with van der Waals surface area (Å²) in [6.07, 6.45) is 1.88. The number of phenolic OH excluding ortho intramolecular Hbond substituents is 2. The van der Waals surface area contributed by atoms with Gasteiger partial charge in [-0.15, -0.1) is 11.3 Å². The molecule has 3 aromatic rings. The van der Waals surface area contributed by atoms with Gasteiger partial charge in [0.05, 0.1) is 5.69 Å². The van der Waals surface area contributed by atoms with Gasteiger partial charge in [-0.2, -0.15) is 0 Å². The highest BCUT2D eigenvalue weighted by Crippen LogP contribution is 2.33. The molecule has 0 radical (unpaired) electrons. The number of benzene rings is 1. The smallest absolute Gasteiger partial charge is 0.194 e. The van der Waals surface area contributed by atoms with Crippen LogP contribution in [0.1, 0.15) is 10.6 Å². The second-order valence-corrected chi connectivity index (χ2v) is 5.41. The molecule has 0 fully saturated rings. The van der Waals surface area contributed by atoms with E-state index in [1.807, 2.05) is 17.5 Å².